The van der Waals surface area contributed by atoms with Crippen molar-refractivity contribution < 1.29 is 9.50 Å². The molecule has 6 heteroatoms. The number of hydrogen-bond acceptors (Lipinski definition) is 4. The van der Waals surface area contributed by atoms with Crippen LogP contribution in [0.4, 0.5) is 10.1 Å². The summed E-state index contributed by atoms with van der Waals surface area (Å²) in [5, 5.41) is 9.93. The molecule has 1 N–H and O–H groups in total. The molecule has 2 aromatic heterocycles. The number of aryl methyl sites for hydroxylation is 1. The highest BCUT2D eigenvalue weighted by atomic mass is 19.1. The van der Waals surface area contributed by atoms with E-state index in [-0.39, 0.29) is 17.3 Å². The highest BCUT2D eigenvalue weighted by Crippen LogP contribution is 2.14. The van der Waals surface area contributed by atoms with E-state index in [9.17, 15) is 14.3 Å². The SMILES string of the molecule is Cc1ccn2c(=O)c(C=Nc3ccc(F)cc3)c(O)nc2c1. The van der Waals surface area contributed by atoms with E-state index in [4.69, 9.17) is 0 Å². The van der Waals surface area contributed by atoms with Gasteiger partial charge in [-0.25, -0.2) is 4.39 Å². The molecule has 22 heavy (non-hydrogen) atoms. The molecule has 0 atom stereocenters. The lowest BCUT2D eigenvalue weighted by molar-refractivity contribution is 0.452. The highest BCUT2D eigenvalue weighted by Gasteiger charge is 2.10. The van der Waals surface area contributed by atoms with Gasteiger partial charge >= 0.3 is 0 Å². The molecule has 0 aliphatic rings. The van der Waals surface area contributed by atoms with E-state index < -0.39 is 5.56 Å². The lowest BCUT2D eigenvalue weighted by atomic mass is 10.2. The Morgan fingerprint density at radius 3 is 2.73 bits per heavy atom. The first-order chi connectivity index (χ1) is 10.5. The summed E-state index contributed by atoms with van der Waals surface area (Å²) in [5.41, 5.74) is 1.31. The number of pyridine rings is 1. The molecule has 0 saturated heterocycles. The fraction of sp³-hybridized carbons (Fsp3) is 0.0625. The molecule has 0 radical (unpaired) electrons. The summed E-state index contributed by atoms with van der Waals surface area (Å²) in [6.45, 7) is 1.87. The van der Waals surface area contributed by atoms with Gasteiger partial charge in [0.2, 0.25) is 5.88 Å². The molecule has 0 bridgehead atoms. The van der Waals surface area contributed by atoms with Gasteiger partial charge in [-0.15, -0.1) is 0 Å². The van der Waals surface area contributed by atoms with Crippen LogP contribution in [-0.2, 0) is 0 Å². The van der Waals surface area contributed by atoms with E-state index in [1.807, 2.05) is 6.92 Å². The number of nitrogens with zero attached hydrogens (tertiary/aromatic N) is 3. The summed E-state index contributed by atoms with van der Waals surface area (Å²) in [7, 11) is 0. The van der Waals surface area contributed by atoms with E-state index in [1.165, 1.54) is 34.9 Å². The number of rotatable bonds is 2. The summed E-state index contributed by atoms with van der Waals surface area (Å²) in [6.07, 6.45) is 2.82. The summed E-state index contributed by atoms with van der Waals surface area (Å²) >= 11 is 0. The summed E-state index contributed by atoms with van der Waals surface area (Å²) in [6, 6.07) is 8.94. The second kappa shape index (κ2) is 5.40. The van der Waals surface area contributed by atoms with Gasteiger partial charge in [-0.05, 0) is 48.9 Å². The predicted octanol–water partition coefficient (Wildman–Crippen LogP) is 2.60. The largest absolute Gasteiger partial charge is 0.493 e. The number of aliphatic imine (C=N–C) groups is 1. The minimum Gasteiger partial charge on any atom is -0.493 e. The molecule has 2 heterocycles. The second-order valence-electron chi connectivity index (χ2n) is 4.82. The number of fused-ring (bicyclic) bond motifs is 1. The first-order valence-corrected chi connectivity index (χ1v) is 6.56. The van der Waals surface area contributed by atoms with Crippen LogP contribution in [0.1, 0.15) is 11.1 Å². The lowest BCUT2D eigenvalue weighted by Crippen LogP contribution is -2.19. The van der Waals surface area contributed by atoms with Crippen LogP contribution in [0, 0.1) is 12.7 Å². The van der Waals surface area contributed by atoms with Crippen LogP contribution < -0.4 is 5.56 Å². The van der Waals surface area contributed by atoms with Gasteiger partial charge in [0.15, 0.2) is 0 Å². The molecule has 0 aliphatic heterocycles. The van der Waals surface area contributed by atoms with Gasteiger partial charge in [-0.2, -0.15) is 4.98 Å². The van der Waals surface area contributed by atoms with Gasteiger partial charge in [0.05, 0.1) is 5.69 Å². The van der Waals surface area contributed by atoms with Crippen LogP contribution in [-0.4, -0.2) is 20.7 Å². The van der Waals surface area contributed by atoms with Crippen molar-refractivity contribution in [2.75, 3.05) is 0 Å². The van der Waals surface area contributed by atoms with Crippen LogP contribution in [0.5, 0.6) is 5.88 Å². The smallest absolute Gasteiger partial charge is 0.270 e. The predicted molar refractivity (Wildman–Crippen MR) is 81.5 cm³/mol. The van der Waals surface area contributed by atoms with Crippen molar-refractivity contribution in [1.29, 1.82) is 0 Å². The second-order valence-corrected chi connectivity index (χ2v) is 4.82. The van der Waals surface area contributed by atoms with Crippen LogP contribution in [0.15, 0.2) is 52.4 Å². The minimum atomic E-state index is -0.423. The first kappa shape index (κ1) is 13.9. The van der Waals surface area contributed by atoms with Crippen molar-refractivity contribution in [3.05, 3.63) is 69.9 Å². The topological polar surface area (TPSA) is 67.0 Å². The van der Waals surface area contributed by atoms with E-state index in [0.717, 1.165) is 5.56 Å². The molecule has 0 spiro atoms. The number of hydrogen-bond donors (Lipinski definition) is 1. The zero-order valence-corrected chi connectivity index (χ0v) is 11.7. The molecular weight excluding hydrogens is 285 g/mol. The third-order valence-electron chi connectivity index (χ3n) is 3.17. The number of aromatic nitrogens is 2. The fourth-order valence-corrected chi connectivity index (χ4v) is 2.02. The Labute approximate surface area is 125 Å². The van der Waals surface area contributed by atoms with Crippen molar-refractivity contribution in [1.82, 2.24) is 9.38 Å². The molecule has 3 rings (SSSR count). The highest BCUT2D eigenvalue weighted by molar-refractivity contribution is 5.84. The van der Waals surface area contributed by atoms with Gasteiger partial charge < -0.3 is 5.11 Å². The Balaban J connectivity index is 2.09. The summed E-state index contributed by atoms with van der Waals surface area (Å²) in [5.74, 6) is -0.758. The number of halogens is 1. The van der Waals surface area contributed by atoms with Crippen molar-refractivity contribution in [2.24, 2.45) is 4.99 Å². The molecule has 0 fully saturated rings. The van der Waals surface area contributed by atoms with Crippen molar-refractivity contribution in [3.8, 4) is 5.88 Å². The van der Waals surface area contributed by atoms with Crippen molar-refractivity contribution in [2.45, 2.75) is 6.92 Å². The maximum absolute atomic E-state index is 12.8. The Morgan fingerprint density at radius 2 is 2.00 bits per heavy atom. The van der Waals surface area contributed by atoms with E-state index in [0.29, 0.717) is 11.3 Å². The standard InChI is InChI=1S/C16H12FN3O2/c1-10-6-7-20-14(8-10)19-15(21)13(16(20)22)9-18-12-4-2-11(17)3-5-12/h2-9,21H,1H3. The van der Waals surface area contributed by atoms with Crippen LogP contribution >= 0.6 is 0 Å². The molecule has 3 aromatic rings. The van der Waals surface area contributed by atoms with Gasteiger partial charge in [0, 0.05) is 12.4 Å². The normalized spacial score (nSPS) is 11.4. The average molecular weight is 297 g/mol. The summed E-state index contributed by atoms with van der Waals surface area (Å²) < 4.78 is 14.2. The average Bonchev–Trinajstić information content (AvgIpc) is 2.48. The van der Waals surface area contributed by atoms with Gasteiger partial charge in [-0.3, -0.25) is 14.2 Å². The molecule has 1 aromatic carbocycles. The molecule has 0 amide bonds. The Bertz CT molecular complexity index is 931. The first-order valence-electron chi connectivity index (χ1n) is 6.56. The van der Waals surface area contributed by atoms with E-state index in [1.54, 1.807) is 18.3 Å². The van der Waals surface area contributed by atoms with Crippen molar-refractivity contribution in [3.63, 3.8) is 0 Å². The maximum atomic E-state index is 12.8. The Kier molecular flexibility index (Phi) is 3.42. The lowest BCUT2D eigenvalue weighted by Gasteiger charge is -2.04. The molecule has 110 valence electrons. The molecule has 0 saturated carbocycles. The van der Waals surface area contributed by atoms with E-state index >= 15 is 0 Å². The van der Waals surface area contributed by atoms with Gasteiger partial charge in [0.1, 0.15) is 17.0 Å². The van der Waals surface area contributed by atoms with Crippen molar-refractivity contribution >= 4 is 17.5 Å². The molecule has 0 unspecified atom stereocenters. The zero-order chi connectivity index (χ0) is 15.7. The molecular formula is C16H12FN3O2. The Hall–Kier alpha value is -3.02. The Morgan fingerprint density at radius 1 is 1.27 bits per heavy atom. The zero-order valence-electron chi connectivity index (χ0n) is 11.7. The van der Waals surface area contributed by atoms with Crippen LogP contribution in [0.3, 0.4) is 0 Å². The number of aromatic hydroxyl groups is 1. The van der Waals surface area contributed by atoms with Gasteiger partial charge in [-0.1, -0.05) is 0 Å². The van der Waals surface area contributed by atoms with E-state index in [2.05, 4.69) is 9.98 Å². The van der Waals surface area contributed by atoms with Crippen LogP contribution in [0.25, 0.3) is 5.65 Å². The molecule has 5 nitrogen and oxygen atoms in total. The quantitative estimate of drug-likeness (QED) is 0.739. The fourth-order valence-electron chi connectivity index (χ4n) is 2.02. The van der Waals surface area contributed by atoms with Gasteiger partial charge in [0.25, 0.3) is 5.56 Å². The number of benzene rings is 1. The summed E-state index contributed by atoms with van der Waals surface area (Å²) in [4.78, 5) is 20.4. The maximum Gasteiger partial charge on any atom is 0.270 e. The molecule has 0 aliphatic carbocycles. The minimum absolute atomic E-state index is 0.0225. The van der Waals surface area contributed by atoms with Crippen LogP contribution in [0.2, 0.25) is 0 Å². The monoisotopic (exact) mass is 297 g/mol. The third-order valence-corrected chi connectivity index (χ3v) is 3.17. The third kappa shape index (κ3) is 2.58.